The molecule has 0 spiro atoms. The van der Waals surface area contributed by atoms with Gasteiger partial charge in [-0.05, 0) is 13.8 Å². The number of aromatic nitrogens is 3. The van der Waals surface area contributed by atoms with Gasteiger partial charge in [-0.25, -0.2) is 13.1 Å². The van der Waals surface area contributed by atoms with Crippen molar-refractivity contribution >= 4 is 40.0 Å². The smallest absolute Gasteiger partial charge is 0.208 e. The van der Waals surface area contributed by atoms with E-state index in [1.165, 1.54) is 0 Å². The third-order valence-electron chi connectivity index (χ3n) is 2.83. The van der Waals surface area contributed by atoms with E-state index < -0.39 is 10.0 Å². The Labute approximate surface area is 161 Å². The predicted molar refractivity (Wildman–Crippen MR) is 106 cm³/mol. The molecule has 11 heteroatoms. The SMILES string of the molecule is CCc1nncn1CCNC(=NCCNS(C)(=O)=O)NC(C)C.I. The fourth-order valence-corrected chi connectivity index (χ4v) is 2.32. The van der Waals surface area contributed by atoms with Crippen molar-refractivity contribution < 1.29 is 8.42 Å². The second-order valence-corrected chi connectivity index (χ2v) is 7.25. The van der Waals surface area contributed by atoms with Crippen LogP contribution < -0.4 is 15.4 Å². The zero-order valence-corrected chi connectivity index (χ0v) is 17.8. The van der Waals surface area contributed by atoms with E-state index in [9.17, 15) is 8.42 Å². The van der Waals surface area contributed by atoms with Gasteiger partial charge in [0.25, 0.3) is 0 Å². The first kappa shape index (κ1) is 23.1. The standard InChI is InChI=1S/C13H27N7O2S.HI/c1-5-12-19-16-10-20(12)9-8-15-13(18-11(2)3)14-6-7-17-23(4,21)22;/h10-11,17H,5-9H2,1-4H3,(H2,14,15,18);1H. The molecule has 9 nitrogen and oxygen atoms in total. The van der Waals surface area contributed by atoms with Gasteiger partial charge < -0.3 is 15.2 Å². The molecule has 0 saturated heterocycles. The van der Waals surface area contributed by atoms with Crippen LogP contribution in [0, 0.1) is 0 Å². The lowest BCUT2D eigenvalue weighted by molar-refractivity contribution is 0.587. The van der Waals surface area contributed by atoms with Crippen LogP contribution in [-0.2, 0) is 23.0 Å². The third kappa shape index (κ3) is 10.0. The molecule has 0 aliphatic carbocycles. The Morgan fingerprint density at radius 3 is 2.67 bits per heavy atom. The predicted octanol–water partition coefficient (Wildman–Crippen LogP) is -0.0487. The molecule has 0 aromatic carbocycles. The highest BCUT2D eigenvalue weighted by Gasteiger charge is 2.04. The van der Waals surface area contributed by atoms with Crippen molar-refractivity contribution in [2.24, 2.45) is 4.99 Å². The van der Waals surface area contributed by atoms with Crippen LogP contribution in [0.25, 0.3) is 0 Å². The summed E-state index contributed by atoms with van der Waals surface area (Å²) in [5.74, 6) is 1.60. The molecule has 1 rings (SSSR count). The molecular formula is C13H28IN7O2S. The van der Waals surface area contributed by atoms with Gasteiger partial charge in [0, 0.05) is 32.1 Å². The number of aryl methyl sites for hydroxylation is 1. The maximum Gasteiger partial charge on any atom is 0.208 e. The van der Waals surface area contributed by atoms with Crippen LogP contribution in [0.2, 0.25) is 0 Å². The molecule has 0 amide bonds. The highest BCUT2D eigenvalue weighted by Crippen LogP contribution is 1.94. The molecule has 0 bridgehead atoms. The molecule has 0 aliphatic heterocycles. The van der Waals surface area contributed by atoms with Crippen molar-refractivity contribution in [2.75, 3.05) is 25.9 Å². The second-order valence-electron chi connectivity index (χ2n) is 5.42. The monoisotopic (exact) mass is 473 g/mol. The lowest BCUT2D eigenvalue weighted by Gasteiger charge is -2.15. The normalized spacial score (nSPS) is 12.1. The Bertz CT molecular complexity index is 601. The van der Waals surface area contributed by atoms with Gasteiger partial charge in [0.1, 0.15) is 12.2 Å². The second kappa shape index (κ2) is 11.6. The van der Waals surface area contributed by atoms with E-state index in [1.807, 2.05) is 25.3 Å². The van der Waals surface area contributed by atoms with Crippen LogP contribution in [0.4, 0.5) is 0 Å². The Morgan fingerprint density at radius 2 is 2.08 bits per heavy atom. The summed E-state index contributed by atoms with van der Waals surface area (Å²) in [6.07, 6.45) is 3.68. The number of sulfonamides is 1. The summed E-state index contributed by atoms with van der Waals surface area (Å²) < 4.78 is 26.4. The Morgan fingerprint density at radius 1 is 1.38 bits per heavy atom. The number of aliphatic imine (C=N–C) groups is 1. The lowest BCUT2D eigenvalue weighted by atomic mass is 10.4. The number of nitrogens with one attached hydrogen (secondary N) is 3. The highest BCUT2D eigenvalue weighted by molar-refractivity contribution is 14.0. The van der Waals surface area contributed by atoms with Gasteiger partial charge in [0.15, 0.2) is 5.96 Å². The summed E-state index contributed by atoms with van der Waals surface area (Å²) in [4.78, 5) is 4.36. The number of rotatable bonds is 9. The largest absolute Gasteiger partial charge is 0.355 e. The highest BCUT2D eigenvalue weighted by atomic mass is 127. The molecule has 140 valence electrons. The van der Waals surface area contributed by atoms with Gasteiger partial charge in [-0.2, -0.15) is 0 Å². The molecule has 0 saturated carbocycles. The molecule has 0 atom stereocenters. The summed E-state index contributed by atoms with van der Waals surface area (Å²) in [7, 11) is -3.18. The molecular weight excluding hydrogens is 445 g/mol. The summed E-state index contributed by atoms with van der Waals surface area (Å²) in [6, 6.07) is 0.227. The summed E-state index contributed by atoms with van der Waals surface area (Å²) >= 11 is 0. The molecule has 0 aliphatic rings. The molecule has 24 heavy (non-hydrogen) atoms. The first-order chi connectivity index (χ1) is 10.8. The molecule has 1 heterocycles. The fraction of sp³-hybridized carbons (Fsp3) is 0.769. The van der Waals surface area contributed by atoms with E-state index in [0.29, 0.717) is 19.0 Å². The van der Waals surface area contributed by atoms with Crippen LogP contribution in [0.3, 0.4) is 0 Å². The van der Waals surface area contributed by atoms with Crippen molar-refractivity contribution in [1.29, 1.82) is 0 Å². The van der Waals surface area contributed by atoms with E-state index in [4.69, 9.17) is 0 Å². The summed E-state index contributed by atoms with van der Waals surface area (Å²) in [6.45, 7) is 8.11. The molecule has 0 radical (unpaired) electrons. The Balaban J connectivity index is 0.00000529. The van der Waals surface area contributed by atoms with E-state index in [-0.39, 0.29) is 36.6 Å². The lowest BCUT2D eigenvalue weighted by Crippen LogP contribution is -2.42. The average molecular weight is 473 g/mol. The minimum Gasteiger partial charge on any atom is -0.355 e. The molecule has 0 fully saturated rings. The van der Waals surface area contributed by atoms with E-state index in [0.717, 1.165) is 25.0 Å². The van der Waals surface area contributed by atoms with Crippen molar-refractivity contribution in [3.63, 3.8) is 0 Å². The van der Waals surface area contributed by atoms with Gasteiger partial charge in [0.05, 0.1) is 12.8 Å². The van der Waals surface area contributed by atoms with Crippen molar-refractivity contribution in [2.45, 2.75) is 39.8 Å². The average Bonchev–Trinajstić information content (AvgIpc) is 2.89. The van der Waals surface area contributed by atoms with E-state index in [1.54, 1.807) is 6.33 Å². The van der Waals surface area contributed by atoms with E-state index >= 15 is 0 Å². The van der Waals surface area contributed by atoms with Gasteiger partial charge in [0.2, 0.25) is 10.0 Å². The number of hydrogen-bond donors (Lipinski definition) is 3. The van der Waals surface area contributed by atoms with Gasteiger partial charge in [-0.3, -0.25) is 4.99 Å². The number of guanidine groups is 1. The Kier molecular flexibility index (Phi) is 11.1. The quantitative estimate of drug-likeness (QED) is 0.201. The third-order valence-corrected chi connectivity index (χ3v) is 3.56. The minimum atomic E-state index is -3.18. The Hall–Kier alpha value is -0.950. The fourth-order valence-electron chi connectivity index (χ4n) is 1.86. The number of hydrogen-bond acceptors (Lipinski definition) is 5. The van der Waals surface area contributed by atoms with Crippen LogP contribution in [0.1, 0.15) is 26.6 Å². The number of halogens is 1. The molecule has 0 unspecified atom stereocenters. The van der Waals surface area contributed by atoms with Gasteiger partial charge in [-0.15, -0.1) is 34.2 Å². The zero-order chi connectivity index (χ0) is 17.3. The number of nitrogens with zero attached hydrogens (tertiary/aromatic N) is 4. The molecule has 3 N–H and O–H groups in total. The van der Waals surface area contributed by atoms with Crippen LogP contribution in [0.15, 0.2) is 11.3 Å². The zero-order valence-electron chi connectivity index (χ0n) is 14.6. The molecule has 1 aromatic rings. The molecule has 1 aromatic heterocycles. The minimum absolute atomic E-state index is 0. The van der Waals surface area contributed by atoms with E-state index in [2.05, 4.69) is 30.5 Å². The van der Waals surface area contributed by atoms with Crippen LogP contribution >= 0.6 is 24.0 Å². The first-order valence-corrected chi connectivity index (χ1v) is 9.57. The van der Waals surface area contributed by atoms with Crippen molar-refractivity contribution in [3.8, 4) is 0 Å². The summed E-state index contributed by atoms with van der Waals surface area (Å²) in [5, 5.41) is 14.4. The maximum absolute atomic E-state index is 11.0. The first-order valence-electron chi connectivity index (χ1n) is 7.68. The van der Waals surface area contributed by atoms with Gasteiger partial charge in [-0.1, -0.05) is 6.92 Å². The maximum atomic E-state index is 11.0. The van der Waals surface area contributed by atoms with Gasteiger partial charge >= 0.3 is 0 Å². The topological polar surface area (TPSA) is 113 Å². The van der Waals surface area contributed by atoms with Crippen LogP contribution in [0.5, 0.6) is 0 Å². The summed E-state index contributed by atoms with van der Waals surface area (Å²) in [5.41, 5.74) is 0. The van der Waals surface area contributed by atoms with Crippen LogP contribution in [-0.4, -0.2) is 61.1 Å². The van der Waals surface area contributed by atoms with Crippen molar-refractivity contribution in [1.82, 2.24) is 30.1 Å². The van der Waals surface area contributed by atoms with Crippen molar-refractivity contribution in [3.05, 3.63) is 12.2 Å².